The van der Waals surface area contributed by atoms with E-state index in [1.807, 2.05) is 42.5 Å². The molecule has 0 atom stereocenters. The van der Waals surface area contributed by atoms with Gasteiger partial charge in [-0.05, 0) is 105 Å². The summed E-state index contributed by atoms with van der Waals surface area (Å²) in [7, 11) is 0. The van der Waals surface area contributed by atoms with E-state index in [2.05, 4.69) is 25.9 Å². The predicted octanol–water partition coefficient (Wildman–Crippen LogP) is 9.69. The zero-order valence-electron chi connectivity index (χ0n) is 29.8. The number of benzene rings is 4. The molecule has 2 saturated heterocycles. The maximum absolute atomic E-state index is 11.6. The Kier molecular flexibility index (Phi) is 10.6. The standard InChI is InChI=1S/C23H22ClN3O3.C18H18ClN3O2/c1-14(28)2-7-22-25-18-12-15(23-26-19-13-16(24)4-6-21(19)30-23)3-5-20(18)27(22)17-8-10-29-11-9-17;19-12-2-4-17-16(10-12)22-18(24-17)11-1-3-15(14(20)9-11)21-13-5-7-23-8-6-13/h3-6,12-13,17H,2,7-11H2,1H3;1-4,9-10,13,21H,5-8,20H2. The van der Waals surface area contributed by atoms with Crippen LogP contribution in [-0.2, 0) is 20.7 Å². The van der Waals surface area contributed by atoms with Gasteiger partial charge in [-0.15, -0.1) is 0 Å². The quantitative estimate of drug-likeness (QED) is 0.144. The van der Waals surface area contributed by atoms with Crippen molar-refractivity contribution < 1.29 is 23.1 Å². The molecule has 0 saturated carbocycles. The number of imidazole rings is 1. The Hall–Kier alpha value is -4.94. The number of oxazole rings is 2. The van der Waals surface area contributed by atoms with Crippen LogP contribution in [0.4, 0.5) is 11.4 Å². The first-order valence-corrected chi connectivity index (χ1v) is 19.0. The lowest BCUT2D eigenvalue weighted by Crippen LogP contribution is -2.28. The Morgan fingerprint density at radius 1 is 0.759 bits per heavy atom. The minimum Gasteiger partial charge on any atom is -0.436 e. The Morgan fingerprint density at radius 2 is 1.35 bits per heavy atom. The smallest absolute Gasteiger partial charge is 0.227 e. The van der Waals surface area contributed by atoms with Crippen LogP contribution in [-0.4, -0.2) is 57.8 Å². The van der Waals surface area contributed by atoms with Crippen LogP contribution >= 0.6 is 23.2 Å². The number of nitrogen functional groups attached to an aromatic ring is 1. The van der Waals surface area contributed by atoms with Crippen LogP contribution in [0.2, 0.25) is 10.0 Å². The molecule has 54 heavy (non-hydrogen) atoms. The molecule has 2 aliphatic rings. The molecule has 0 aliphatic carbocycles. The average molecular weight is 768 g/mol. The summed E-state index contributed by atoms with van der Waals surface area (Å²) >= 11 is 12.1. The molecular weight excluding hydrogens is 727 g/mol. The van der Waals surface area contributed by atoms with Gasteiger partial charge in [0.1, 0.15) is 22.6 Å². The zero-order chi connectivity index (χ0) is 37.2. The fraction of sp³-hybridized carbons (Fsp3) is 0.317. The lowest BCUT2D eigenvalue weighted by Gasteiger charge is -2.25. The summed E-state index contributed by atoms with van der Waals surface area (Å²) in [6, 6.07) is 23.5. The van der Waals surface area contributed by atoms with Crippen molar-refractivity contribution in [2.24, 2.45) is 0 Å². The van der Waals surface area contributed by atoms with Gasteiger partial charge in [-0.3, -0.25) is 0 Å². The largest absolute Gasteiger partial charge is 0.436 e. The number of nitrogens with two attached hydrogens (primary N) is 1. The van der Waals surface area contributed by atoms with E-state index < -0.39 is 0 Å². The second-order valence-electron chi connectivity index (χ2n) is 13.7. The molecule has 7 aromatic rings. The number of nitrogens with zero attached hydrogens (tertiary/aromatic N) is 4. The number of aromatic nitrogens is 4. The molecule has 0 spiro atoms. The van der Waals surface area contributed by atoms with Crippen molar-refractivity contribution in [2.75, 3.05) is 37.5 Å². The van der Waals surface area contributed by atoms with E-state index in [4.69, 9.17) is 52.2 Å². The number of hydrogen-bond donors (Lipinski definition) is 2. The summed E-state index contributed by atoms with van der Waals surface area (Å²) in [6.07, 6.45) is 5.02. The highest BCUT2D eigenvalue weighted by molar-refractivity contribution is 6.31. The summed E-state index contributed by atoms with van der Waals surface area (Å²) in [6.45, 7) is 4.71. The van der Waals surface area contributed by atoms with E-state index in [1.165, 1.54) is 0 Å². The first-order chi connectivity index (χ1) is 26.3. The van der Waals surface area contributed by atoms with Crippen LogP contribution in [0.15, 0.2) is 81.6 Å². The van der Waals surface area contributed by atoms with Gasteiger partial charge in [-0.2, -0.15) is 0 Å². The molecule has 278 valence electrons. The number of halogens is 2. The van der Waals surface area contributed by atoms with Crippen LogP contribution in [0.25, 0.3) is 56.1 Å². The number of aryl methyl sites for hydroxylation is 1. The van der Waals surface area contributed by atoms with E-state index in [1.54, 1.807) is 31.2 Å². The third-order valence-corrected chi connectivity index (χ3v) is 10.3. The van der Waals surface area contributed by atoms with Crippen molar-refractivity contribution in [2.45, 2.75) is 57.5 Å². The highest BCUT2D eigenvalue weighted by Crippen LogP contribution is 2.34. The number of anilines is 2. The number of nitrogens with one attached hydrogen (secondary N) is 1. The van der Waals surface area contributed by atoms with Gasteiger partial charge in [0.2, 0.25) is 11.8 Å². The molecule has 5 heterocycles. The number of rotatable bonds is 8. The highest BCUT2D eigenvalue weighted by Gasteiger charge is 2.23. The van der Waals surface area contributed by atoms with Gasteiger partial charge in [0.25, 0.3) is 0 Å². The molecule has 4 aromatic carbocycles. The van der Waals surface area contributed by atoms with E-state index in [9.17, 15) is 4.79 Å². The lowest BCUT2D eigenvalue weighted by atomic mass is 10.1. The van der Waals surface area contributed by atoms with Crippen molar-refractivity contribution >= 4 is 73.6 Å². The summed E-state index contributed by atoms with van der Waals surface area (Å²) in [5, 5.41) is 4.75. The fourth-order valence-electron chi connectivity index (χ4n) is 7.03. The number of ether oxygens (including phenoxy) is 2. The Labute approximate surface area is 321 Å². The van der Waals surface area contributed by atoms with E-state index in [0.29, 0.717) is 63.6 Å². The second-order valence-corrected chi connectivity index (χ2v) is 14.6. The van der Waals surface area contributed by atoms with Crippen LogP contribution in [0.1, 0.15) is 50.9 Å². The number of hydrogen-bond acceptors (Lipinski definition) is 10. The summed E-state index contributed by atoms with van der Waals surface area (Å²) in [4.78, 5) is 25.5. The second kappa shape index (κ2) is 15.8. The highest BCUT2D eigenvalue weighted by atomic mass is 35.5. The van der Waals surface area contributed by atoms with Crippen molar-refractivity contribution in [1.82, 2.24) is 19.5 Å². The molecule has 0 radical (unpaired) electrons. The summed E-state index contributed by atoms with van der Waals surface area (Å²) in [5.41, 5.74) is 14.4. The molecular formula is C41H40Cl2N6O5. The van der Waals surface area contributed by atoms with E-state index in [0.717, 1.165) is 96.8 Å². The molecule has 0 unspecified atom stereocenters. The molecule has 3 aromatic heterocycles. The SMILES string of the molecule is CC(=O)CCc1nc2cc(-c3nc4cc(Cl)ccc4o3)ccc2n1C1CCOCC1.Nc1cc(-c2nc3cc(Cl)ccc3o2)ccc1NC1CCOCC1. The molecule has 2 fully saturated rings. The van der Waals surface area contributed by atoms with Crippen LogP contribution < -0.4 is 11.1 Å². The molecule has 0 amide bonds. The van der Waals surface area contributed by atoms with Gasteiger partial charge >= 0.3 is 0 Å². The molecule has 2 aliphatic heterocycles. The van der Waals surface area contributed by atoms with Gasteiger partial charge in [-0.1, -0.05) is 23.2 Å². The van der Waals surface area contributed by atoms with Crippen molar-refractivity contribution in [3.05, 3.63) is 88.7 Å². The van der Waals surface area contributed by atoms with Crippen molar-refractivity contribution in [3.63, 3.8) is 0 Å². The van der Waals surface area contributed by atoms with Gasteiger partial charge < -0.3 is 38.7 Å². The van der Waals surface area contributed by atoms with Gasteiger partial charge in [-0.25, -0.2) is 15.0 Å². The molecule has 13 heteroatoms. The Balaban J connectivity index is 0.000000157. The zero-order valence-corrected chi connectivity index (χ0v) is 31.3. The minimum absolute atomic E-state index is 0.173. The monoisotopic (exact) mass is 766 g/mol. The Morgan fingerprint density at radius 3 is 1.96 bits per heavy atom. The number of carbonyl (C=O) groups is 1. The normalized spacial score (nSPS) is 15.5. The van der Waals surface area contributed by atoms with Crippen LogP contribution in [0, 0.1) is 0 Å². The number of ketones is 1. The van der Waals surface area contributed by atoms with Crippen molar-refractivity contribution in [3.8, 4) is 22.9 Å². The first-order valence-electron chi connectivity index (χ1n) is 18.2. The van der Waals surface area contributed by atoms with Gasteiger partial charge in [0.15, 0.2) is 11.2 Å². The third kappa shape index (κ3) is 7.95. The Bertz CT molecular complexity index is 2440. The maximum atomic E-state index is 11.6. The molecule has 3 N–H and O–H groups in total. The number of fused-ring (bicyclic) bond motifs is 3. The lowest BCUT2D eigenvalue weighted by molar-refractivity contribution is -0.117. The van der Waals surface area contributed by atoms with Gasteiger partial charge in [0, 0.05) is 72.5 Å². The number of Topliss-reactive ketones (excluding diaryl/α,β-unsaturated/α-hetero) is 1. The predicted molar refractivity (Wildman–Crippen MR) is 212 cm³/mol. The summed E-state index contributed by atoms with van der Waals surface area (Å²) < 4.78 is 24.9. The third-order valence-electron chi connectivity index (χ3n) is 9.84. The molecule has 0 bridgehead atoms. The molecule has 11 nitrogen and oxygen atoms in total. The first kappa shape index (κ1) is 36.1. The van der Waals surface area contributed by atoms with Crippen LogP contribution in [0.3, 0.4) is 0 Å². The minimum atomic E-state index is 0.173. The molecule has 9 rings (SSSR count). The average Bonchev–Trinajstić information content (AvgIpc) is 3.90. The van der Waals surface area contributed by atoms with Crippen molar-refractivity contribution in [1.29, 1.82) is 0 Å². The van der Waals surface area contributed by atoms with E-state index >= 15 is 0 Å². The van der Waals surface area contributed by atoms with Crippen LogP contribution in [0.5, 0.6) is 0 Å². The van der Waals surface area contributed by atoms with E-state index in [-0.39, 0.29) is 5.78 Å². The topological polar surface area (TPSA) is 143 Å². The fourth-order valence-corrected chi connectivity index (χ4v) is 7.37. The maximum Gasteiger partial charge on any atom is 0.227 e. The number of carbonyl (C=O) groups excluding carboxylic acids is 1. The summed E-state index contributed by atoms with van der Waals surface area (Å²) in [5.74, 6) is 2.21. The van der Waals surface area contributed by atoms with Gasteiger partial charge in [0.05, 0.1) is 22.4 Å².